The Bertz CT molecular complexity index is 647. The van der Waals surface area contributed by atoms with Crippen LogP contribution in [0.4, 0.5) is 4.79 Å². The van der Waals surface area contributed by atoms with Crippen LogP contribution in [0.15, 0.2) is 28.8 Å². The summed E-state index contributed by atoms with van der Waals surface area (Å²) in [6.07, 6.45) is 0. The maximum atomic E-state index is 12.0. The molecule has 0 atom stereocenters. The average Bonchev–Trinajstić information content (AvgIpc) is 2.87. The summed E-state index contributed by atoms with van der Waals surface area (Å²) in [5, 5.41) is 6.68. The smallest absolute Gasteiger partial charge is 0.317 e. The quantitative estimate of drug-likeness (QED) is 0.832. The third kappa shape index (κ3) is 5.32. The summed E-state index contributed by atoms with van der Waals surface area (Å²) in [5.74, 6) is 1.55. The minimum Gasteiger partial charge on any atom is -0.492 e. The first-order chi connectivity index (χ1) is 10.9. The van der Waals surface area contributed by atoms with Crippen molar-refractivity contribution in [2.75, 3.05) is 20.2 Å². The molecule has 0 spiro atoms. The van der Waals surface area contributed by atoms with Crippen molar-refractivity contribution in [3.05, 3.63) is 46.8 Å². The molecule has 0 radical (unpaired) electrons. The van der Waals surface area contributed by atoms with E-state index >= 15 is 0 Å². The summed E-state index contributed by atoms with van der Waals surface area (Å²) < 4.78 is 10.6. The number of benzene rings is 1. The zero-order valence-corrected chi connectivity index (χ0v) is 14.0. The maximum Gasteiger partial charge on any atom is 0.317 e. The maximum absolute atomic E-state index is 12.0. The van der Waals surface area contributed by atoms with E-state index in [0.717, 1.165) is 28.3 Å². The molecule has 0 aliphatic heterocycles. The molecule has 0 fully saturated rings. The highest BCUT2D eigenvalue weighted by atomic mass is 16.5. The van der Waals surface area contributed by atoms with Gasteiger partial charge in [-0.15, -0.1) is 0 Å². The monoisotopic (exact) mass is 317 g/mol. The number of carbonyl (C=O) groups is 1. The van der Waals surface area contributed by atoms with Gasteiger partial charge in [-0.2, -0.15) is 0 Å². The molecule has 0 unspecified atom stereocenters. The molecule has 6 heteroatoms. The van der Waals surface area contributed by atoms with Crippen LogP contribution in [0.2, 0.25) is 0 Å². The van der Waals surface area contributed by atoms with E-state index in [1.54, 1.807) is 11.9 Å². The van der Waals surface area contributed by atoms with Gasteiger partial charge in [-0.05, 0) is 44.0 Å². The topological polar surface area (TPSA) is 67.6 Å². The third-order valence-electron chi connectivity index (χ3n) is 3.26. The third-order valence-corrected chi connectivity index (χ3v) is 3.26. The summed E-state index contributed by atoms with van der Waals surface area (Å²) >= 11 is 0. The highest BCUT2D eigenvalue weighted by molar-refractivity contribution is 5.73. The Kier molecular flexibility index (Phi) is 5.62. The zero-order chi connectivity index (χ0) is 16.8. The van der Waals surface area contributed by atoms with E-state index in [1.807, 2.05) is 39.0 Å². The number of nitrogens with zero attached hydrogens (tertiary/aromatic N) is 2. The molecular formula is C17H23N3O3. The number of amides is 2. The lowest BCUT2D eigenvalue weighted by molar-refractivity contribution is 0.202. The number of rotatable bonds is 6. The van der Waals surface area contributed by atoms with Gasteiger partial charge in [0.15, 0.2) is 0 Å². The Morgan fingerprint density at radius 1 is 1.22 bits per heavy atom. The molecule has 2 rings (SSSR count). The van der Waals surface area contributed by atoms with E-state index in [-0.39, 0.29) is 6.03 Å². The van der Waals surface area contributed by atoms with Crippen molar-refractivity contribution in [3.8, 4) is 5.75 Å². The fourth-order valence-electron chi connectivity index (χ4n) is 2.29. The Morgan fingerprint density at radius 2 is 1.91 bits per heavy atom. The van der Waals surface area contributed by atoms with E-state index < -0.39 is 0 Å². The highest BCUT2D eigenvalue weighted by Crippen LogP contribution is 2.15. The van der Waals surface area contributed by atoms with Gasteiger partial charge in [0.25, 0.3) is 0 Å². The summed E-state index contributed by atoms with van der Waals surface area (Å²) in [6.45, 7) is 7.14. The van der Waals surface area contributed by atoms with E-state index in [0.29, 0.717) is 19.7 Å². The van der Waals surface area contributed by atoms with Gasteiger partial charge in [-0.1, -0.05) is 11.2 Å². The van der Waals surface area contributed by atoms with E-state index in [2.05, 4.69) is 16.5 Å². The number of urea groups is 1. The van der Waals surface area contributed by atoms with Crippen LogP contribution in [0.1, 0.15) is 22.6 Å². The van der Waals surface area contributed by atoms with Crippen molar-refractivity contribution in [3.63, 3.8) is 0 Å². The molecule has 2 amide bonds. The van der Waals surface area contributed by atoms with Gasteiger partial charge >= 0.3 is 6.03 Å². The van der Waals surface area contributed by atoms with Crippen LogP contribution in [-0.2, 0) is 6.54 Å². The van der Waals surface area contributed by atoms with Gasteiger partial charge in [0.1, 0.15) is 23.8 Å². The number of nitrogens with one attached hydrogen (secondary N) is 1. The van der Waals surface area contributed by atoms with Crippen molar-refractivity contribution in [1.29, 1.82) is 0 Å². The van der Waals surface area contributed by atoms with Crippen LogP contribution in [0.25, 0.3) is 0 Å². The van der Waals surface area contributed by atoms with Crippen molar-refractivity contribution in [2.45, 2.75) is 27.3 Å². The first-order valence-corrected chi connectivity index (χ1v) is 7.56. The summed E-state index contributed by atoms with van der Waals surface area (Å²) in [7, 11) is 1.71. The fourth-order valence-corrected chi connectivity index (χ4v) is 2.29. The van der Waals surface area contributed by atoms with Gasteiger partial charge < -0.3 is 19.5 Å². The molecular weight excluding hydrogens is 294 g/mol. The summed E-state index contributed by atoms with van der Waals surface area (Å²) in [5.41, 5.74) is 3.05. The molecule has 6 nitrogen and oxygen atoms in total. The van der Waals surface area contributed by atoms with E-state index in [1.165, 1.54) is 0 Å². The molecule has 0 bridgehead atoms. The molecule has 0 aliphatic rings. The summed E-state index contributed by atoms with van der Waals surface area (Å²) in [4.78, 5) is 13.5. The van der Waals surface area contributed by atoms with Crippen molar-refractivity contribution < 1.29 is 14.1 Å². The van der Waals surface area contributed by atoms with Crippen molar-refractivity contribution in [1.82, 2.24) is 15.4 Å². The van der Waals surface area contributed by atoms with Gasteiger partial charge in [0.2, 0.25) is 0 Å². The van der Waals surface area contributed by atoms with Crippen LogP contribution < -0.4 is 10.1 Å². The Morgan fingerprint density at radius 3 is 2.52 bits per heavy atom. The van der Waals surface area contributed by atoms with Crippen LogP contribution in [0.3, 0.4) is 0 Å². The average molecular weight is 317 g/mol. The molecule has 0 saturated carbocycles. The Balaban J connectivity index is 1.71. The SMILES string of the molecule is Cc1cc(C)cc(OCCNC(=O)N(C)Cc2cc(C)on2)c1. The van der Waals surface area contributed by atoms with Crippen molar-refractivity contribution >= 4 is 6.03 Å². The first kappa shape index (κ1) is 16.9. The number of aromatic nitrogens is 1. The lowest BCUT2D eigenvalue weighted by Crippen LogP contribution is -2.38. The molecule has 0 aliphatic carbocycles. The van der Waals surface area contributed by atoms with Crippen LogP contribution >= 0.6 is 0 Å². The van der Waals surface area contributed by atoms with Gasteiger partial charge in [-0.3, -0.25) is 0 Å². The second-order valence-electron chi connectivity index (χ2n) is 5.69. The van der Waals surface area contributed by atoms with Gasteiger partial charge in [0.05, 0.1) is 13.1 Å². The molecule has 1 aromatic carbocycles. The molecule has 1 aromatic heterocycles. The minimum atomic E-state index is -0.172. The molecule has 1 N–H and O–H groups in total. The standard InChI is InChI=1S/C17H23N3O3/c1-12-7-13(2)9-16(8-12)22-6-5-18-17(21)20(4)11-15-10-14(3)23-19-15/h7-10H,5-6,11H2,1-4H3,(H,18,21). The van der Waals surface area contributed by atoms with E-state index in [4.69, 9.17) is 9.26 Å². The molecule has 23 heavy (non-hydrogen) atoms. The minimum absolute atomic E-state index is 0.172. The second-order valence-corrected chi connectivity index (χ2v) is 5.69. The van der Waals surface area contributed by atoms with Crippen LogP contribution in [-0.4, -0.2) is 36.3 Å². The van der Waals surface area contributed by atoms with Gasteiger partial charge in [0, 0.05) is 13.1 Å². The molecule has 124 valence electrons. The predicted molar refractivity (Wildman–Crippen MR) is 87.5 cm³/mol. The predicted octanol–water partition coefficient (Wildman–Crippen LogP) is 2.82. The largest absolute Gasteiger partial charge is 0.492 e. The first-order valence-electron chi connectivity index (χ1n) is 7.56. The van der Waals surface area contributed by atoms with E-state index in [9.17, 15) is 4.79 Å². The number of ether oxygens (including phenoxy) is 1. The molecule has 2 aromatic rings. The second kappa shape index (κ2) is 7.67. The number of hydrogen-bond donors (Lipinski definition) is 1. The summed E-state index contributed by atoms with van der Waals surface area (Å²) in [6, 6.07) is 7.69. The normalized spacial score (nSPS) is 10.4. The number of aryl methyl sites for hydroxylation is 3. The van der Waals surface area contributed by atoms with Gasteiger partial charge in [-0.25, -0.2) is 4.79 Å². The fraction of sp³-hybridized carbons (Fsp3) is 0.412. The highest BCUT2D eigenvalue weighted by Gasteiger charge is 2.10. The molecule has 1 heterocycles. The Hall–Kier alpha value is -2.50. The van der Waals surface area contributed by atoms with Crippen molar-refractivity contribution in [2.24, 2.45) is 0 Å². The lowest BCUT2D eigenvalue weighted by Gasteiger charge is -2.16. The van der Waals surface area contributed by atoms with Crippen LogP contribution in [0.5, 0.6) is 5.75 Å². The lowest BCUT2D eigenvalue weighted by atomic mass is 10.1. The van der Waals surface area contributed by atoms with Crippen LogP contribution in [0, 0.1) is 20.8 Å². The number of hydrogen-bond acceptors (Lipinski definition) is 4. The zero-order valence-electron chi connectivity index (χ0n) is 14.0. The molecule has 0 saturated heterocycles. The number of carbonyl (C=O) groups excluding carboxylic acids is 1. The Labute approximate surface area is 136 Å².